The van der Waals surface area contributed by atoms with Crippen molar-refractivity contribution in [3.8, 4) is 0 Å². The average Bonchev–Trinajstić information content (AvgIpc) is 3.74. The van der Waals surface area contributed by atoms with Crippen LogP contribution < -0.4 is 16.4 Å². The summed E-state index contributed by atoms with van der Waals surface area (Å²) in [5.41, 5.74) is 19.9. The van der Waals surface area contributed by atoms with Crippen molar-refractivity contribution >= 4 is 99.6 Å². The third-order valence-corrected chi connectivity index (χ3v) is 12.9. The van der Waals surface area contributed by atoms with Gasteiger partial charge in [0.2, 0.25) is 0 Å². The lowest BCUT2D eigenvalue weighted by atomic mass is 9.33. The molecular weight excluding hydrogens is 557 g/mol. The minimum atomic E-state index is 0.164. The molecule has 1 aliphatic carbocycles. The molecule has 2 aliphatic heterocycles. The molecule has 9 aromatic rings. The third-order valence-electron chi connectivity index (χ3n) is 12.9. The molecule has 12 rings (SSSR count). The van der Waals surface area contributed by atoms with E-state index in [-0.39, 0.29) is 12.1 Å². The molecule has 3 nitrogen and oxygen atoms in total. The predicted molar refractivity (Wildman–Crippen MR) is 196 cm³/mol. The third kappa shape index (κ3) is 2.41. The van der Waals surface area contributed by atoms with Gasteiger partial charge in [0, 0.05) is 37.8 Å². The van der Waals surface area contributed by atoms with E-state index in [2.05, 4.69) is 97.2 Å². The minimum Gasteiger partial charge on any atom is -0.309 e. The summed E-state index contributed by atoms with van der Waals surface area (Å²) in [6.45, 7) is 9.83. The van der Waals surface area contributed by atoms with Crippen molar-refractivity contribution in [3.63, 3.8) is 0 Å². The zero-order valence-electron chi connectivity index (χ0n) is 26.9. The lowest BCUT2D eigenvalue weighted by molar-refractivity contribution is 0.319. The van der Waals surface area contributed by atoms with Crippen molar-refractivity contribution in [2.75, 3.05) is 0 Å². The molecular formula is C42H34BN3. The standard InChI is InChI=1S/C42H34BN3/c1-5-23-20-29-38-34(33(23)42(4)18-7-6-8-19-42)43-28-17-11-14-25-24-13-10-16-27-32-22(3)31-26-15-9-12-21(2)30(26)41(44-29)46(38)40(31)35(43)39(32)45(36(24)27)37(25)28/h9-17,20H,5-8,18-19H2,1-4H3. The molecule has 4 aromatic heterocycles. The fourth-order valence-electron chi connectivity index (χ4n) is 11.3. The quantitative estimate of drug-likeness (QED) is 0.146. The van der Waals surface area contributed by atoms with Crippen LogP contribution in [0.4, 0.5) is 0 Å². The van der Waals surface area contributed by atoms with E-state index in [4.69, 9.17) is 4.98 Å². The Hall–Kier alpha value is -4.57. The number of aryl methyl sites for hydroxylation is 3. The number of hydrogen-bond acceptors (Lipinski definition) is 1. The molecule has 0 bridgehead atoms. The van der Waals surface area contributed by atoms with Gasteiger partial charge in [-0.05, 0) is 88.6 Å². The van der Waals surface area contributed by atoms with Crippen LogP contribution >= 0.6 is 0 Å². The molecule has 0 saturated heterocycles. The van der Waals surface area contributed by atoms with Crippen LogP contribution in [0.2, 0.25) is 0 Å². The first-order chi connectivity index (χ1) is 22.5. The lowest BCUT2D eigenvalue weighted by Crippen LogP contribution is -2.59. The van der Waals surface area contributed by atoms with Crippen LogP contribution in [0, 0.1) is 13.8 Å². The van der Waals surface area contributed by atoms with Crippen molar-refractivity contribution in [1.82, 2.24) is 13.8 Å². The highest BCUT2D eigenvalue weighted by Gasteiger charge is 2.45. The number of nitrogens with zero attached hydrogens (tertiary/aromatic N) is 3. The molecule has 0 atom stereocenters. The van der Waals surface area contributed by atoms with Gasteiger partial charge >= 0.3 is 0 Å². The molecule has 0 N–H and O–H groups in total. The molecule has 5 aromatic carbocycles. The summed E-state index contributed by atoms with van der Waals surface area (Å²) in [5, 5.41) is 9.70. The number of imidazole rings is 1. The van der Waals surface area contributed by atoms with E-state index in [1.807, 2.05) is 0 Å². The largest absolute Gasteiger partial charge is 0.309 e. The Balaban J connectivity index is 1.48. The predicted octanol–water partition coefficient (Wildman–Crippen LogP) is 8.49. The Morgan fingerprint density at radius 3 is 2.24 bits per heavy atom. The van der Waals surface area contributed by atoms with Gasteiger partial charge in [0.15, 0.2) is 0 Å². The van der Waals surface area contributed by atoms with Crippen LogP contribution in [-0.2, 0) is 11.8 Å². The number of para-hydroxylation sites is 2. The highest BCUT2D eigenvalue weighted by atomic mass is 15.0. The second kappa shape index (κ2) is 7.69. The van der Waals surface area contributed by atoms with E-state index in [0.29, 0.717) is 0 Å². The zero-order valence-corrected chi connectivity index (χ0v) is 26.9. The number of pyridine rings is 1. The summed E-state index contributed by atoms with van der Waals surface area (Å²) in [6, 6.07) is 23.6. The van der Waals surface area contributed by atoms with Crippen molar-refractivity contribution in [1.29, 1.82) is 0 Å². The fourth-order valence-corrected chi connectivity index (χ4v) is 11.3. The van der Waals surface area contributed by atoms with Crippen molar-refractivity contribution in [2.24, 2.45) is 0 Å². The summed E-state index contributed by atoms with van der Waals surface area (Å²) < 4.78 is 5.33. The van der Waals surface area contributed by atoms with Gasteiger partial charge in [-0.3, -0.25) is 4.40 Å². The molecule has 0 amide bonds. The van der Waals surface area contributed by atoms with E-state index >= 15 is 0 Å². The summed E-state index contributed by atoms with van der Waals surface area (Å²) in [4.78, 5) is 5.63. The highest BCUT2D eigenvalue weighted by molar-refractivity contribution is 7.02. The van der Waals surface area contributed by atoms with Crippen LogP contribution in [0.25, 0.3) is 76.5 Å². The van der Waals surface area contributed by atoms with Crippen molar-refractivity contribution in [3.05, 3.63) is 82.9 Å². The fraction of sp³-hybridized carbons (Fsp3) is 0.262. The Morgan fingerprint density at radius 2 is 1.41 bits per heavy atom. The molecule has 0 unspecified atom stereocenters. The molecule has 0 spiro atoms. The normalized spacial score (nSPS) is 16.9. The number of aromatic nitrogens is 3. The van der Waals surface area contributed by atoms with Crippen LogP contribution in [0.3, 0.4) is 0 Å². The van der Waals surface area contributed by atoms with Gasteiger partial charge < -0.3 is 4.40 Å². The van der Waals surface area contributed by atoms with Crippen LogP contribution in [0.15, 0.2) is 60.7 Å². The Kier molecular flexibility index (Phi) is 4.12. The van der Waals surface area contributed by atoms with Gasteiger partial charge in [0.05, 0.1) is 27.6 Å². The van der Waals surface area contributed by atoms with E-state index in [9.17, 15) is 0 Å². The highest BCUT2D eigenvalue weighted by Crippen LogP contribution is 2.48. The zero-order chi connectivity index (χ0) is 30.4. The second-order valence-electron chi connectivity index (χ2n) is 15.1. The molecule has 3 aliphatic rings. The lowest BCUT2D eigenvalue weighted by Gasteiger charge is -2.40. The first-order valence-electron chi connectivity index (χ1n) is 17.5. The van der Waals surface area contributed by atoms with Crippen LogP contribution in [0.5, 0.6) is 0 Å². The van der Waals surface area contributed by atoms with Crippen LogP contribution in [0.1, 0.15) is 68.2 Å². The molecule has 1 saturated carbocycles. The molecule has 0 radical (unpaired) electrons. The molecule has 1 fully saturated rings. The molecule has 6 heterocycles. The van der Waals surface area contributed by atoms with E-state index < -0.39 is 0 Å². The summed E-state index contributed by atoms with van der Waals surface area (Å²) in [5.74, 6) is 0. The smallest absolute Gasteiger partial charge is 0.252 e. The van der Waals surface area contributed by atoms with Gasteiger partial charge in [-0.15, -0.1) is 0 Å². The second-order valence-corrected chi connectivity index (χ2v) is 15.1. The van der Waals surface area contributed by atoms with Gasteiger partial charge in [-0.25, -0.2) is 4.98 Å². The van der Waals surface area contributed by atoms with E-state index in [0.717, 1.165) is 12.1 Å². The van der Waals surface area contributed by atoms with E-state index in [1.165, 1.54) is 131 Å². The molecule has 4 heteroatoms. The molecule has 220 valence electrons. The Labute approximate surface area is 267 Å². The average molecular weight is 592 g/mol. The van der Waals surface area contributed by atoms with Crippen molar-refractivity contribution < 1.29 is 0 Å². The number of rotatable bonds is 2. The van der Waals surface area contributed by atoms with Gasteiger partial charge in [0.25, 0.3) is 6.71 Å². The van der Waals surface area contributed by atoms with E-state index in [1.54, 1.807) is 11.0 Å². The number of benzene rings is 5. The maximum absolute atomic E-state index is 5.63. The Bertz CT molecular complexity index is 2910. The topological polar surface area (TPSA) is 21.7 Å². The maximum atomic E-state index is 5.63. The summed E-state index contributed by atoms with van der Waals surface area (Å²) >= 11 is 0. The van der Waals surface area contributed by atoms with Gasteiger partial charge in [0.1, 0.15) is 5.65 Å². The van der Waals surface area contributed by atoms with Gasteiger partial charge in [-0.2, -0.15) is 0 Å². The minimum absolute atomic E-state index is 0.164. The SMILES string of the molecule is CCc1cc2nc3c4c(C)cccc4c4c(C)c5c6cccc7c8cccc9c8n(c5c5c4n3c2c(c1C1(C)CCCCC1)B95)c76. The number of hydrogen-bond donors (Lipinski definition) is 0. The van der Waals surface area contributed by atoms with Crippen molar-refractivity contribution in [2.45, 2.75) is 71.6 Å². The first kappa shape index (κ1) is 24.6. The van der Waals surface area contributed by atoms with Crippen LogP contribution in [-0.4, -0.2) is 20.5 Å². The molecule has 46 heavy (non-hydrogen) atoms. The summed E-state index contributed by atoms with van der Waals surface area (Å²) in [6.07, 6.45) is 7.57. The number of fused-ring (bicyclic) bond motifs is 7. The maximum Gasteiger partial charge on any atom is 0.252 e. The van der Waals surface area contributed by atoms with Gasteiger partial charge in [-0.1, -0.05) is 87.7 Å². The first-order valence-corrected chi connectivity index (χ1v) is 17.5. The summed E-state index contributed by atoms with van der Waals surface area (Å²) in [7, 11) is 0. The monoisotopic (exact) mass is 591 g/mol. The Morgan fingerprint density at radius 1 is 0.717 bits per heavy atom.